The van der Waals surface area contributed by atoms with Crippen LogP contribution in [0.5, 0.6) is 0 Å². The molecule has 0 aromatic heterocycles. The monoisotopic (exact) mass is 134 g/mol. The Morgan fingerprint density at radius 3 is 2.00 bits per heavy atom. The van der Waals surface area contributed by atoms with E-state index < -0.39 is 9.28 Å². The summed E-state index contributed by atoms with van der Waals surface area (Å²) in [6.45, 7) is 1.85. The van der Waals surface area contributed by atoms with Crippen LogP contribution in [0.3, 0.4) is 0 Å². The summed E-state index contributed by atoms with van der Waals surface area (Å²) in [5.41, 5.74) is 1.72. The minimum absolute atomic E-state index is 1.72. The van der Waals surface area contributed by atoms with Gasteiger partial charge in [-0.1, -0.05) is 6.08 Å². The standard InChI is InChI=1S/C3H10N2O2Si/c1-2-3-8(6-4)7-5/h2-3,8H,4-5H2,1H3. The maximum atomic E-state index is 4.77. The highest BCUT2D eigenvalue weighted by molar-refractivity contribution is 6.50. The number of hydrogen-bond acceptors (Lipinski definition) is 4. The Morgan fingerprint density at radius 1 is 1.38 bits per heavy atom. The summed E-state index contributed by atoms with van der Waals surface area (Å²) < 4.78 is 8.69. The van der Waals surface area contributed by atoms with Crippen LogP contribution in [0.4, 0.5) is 0 Å². The highest BCUT2D eigenvalue weighted by Crippen LogP contribution is 1.80. The van der Waals surface area contributed by atoms with Crippen molar-refractivity contribution in [3.05, 3.63) is 11.8 Å². The van der Waals surface area contributed by atoms with Crippen molar-refractivity contribution in [1.82, 2.24) is 0 Å². The molecule has 0 fully saturated rings. The lowest BCUT2D eigenvalue weighted by molar-refractivity contribution is 0.214. The first-order valence-corrected chi connectivity index (χ1v) is 3.80. The highest BCUT2D eigenvalue weighted by atomic mass is 28.3. The Bertz CT molecular complexity index is 73.7. The maximum absolute atomic E-state index is 4.77. The minimum Gasteiger partial charge on any atom is -0.313 e. The molecule has 48 valence electrons. The van der Waals surface area contributed by atoms with Crippen LogP contribution in [0.25, 0.3) is 0 Å². The Morgan fingerprint density at radius 2 is 1.88 bits per heavy atom. The third kappa shape index (κ3) is 2.89. The van der Waals surface area contributed by atoms with Crippen molar-refractivity contribution in [2.75, 3.05) is 0 Å². The second kappa shape index (κ2) is 4.94. The van der Waals surface area contributed by atoms with Crippen molar-refractivity contribution >= 4 is 9.28 Å². The van der Waals surface area contributed by atoms with Gasteiger partial charge in [-0.3, -0.25) is 0 Å². The van der Waals surface area contributed by atoms with E-state index in [1.54, 1.807) is 11.8 Å². The highest BCUT2D eigenvalue weighted by Gasteiger charge is 2.02. The average molecular weight is 134 g/mol. The number of allylic oxidation sites excluding steroid dienone is 1. The van der Waals surface area contributed by atoms with Crippen molar-refractivity contribution in [3.8, 4) is 0 Å². The fourth-order valence-corrected chi connectivity index (χ4v) is 0.840. The smallest absolute Gasteiger partial charge is 0.313 e. The fourth-order valence-electron chi connectivity index (χ4n) is 0.280. The van der Waals surface area contributed by atoms with Crippen molar-refractivity contribution < 1.29 is 9.05 Å². The second-order valence-electron chi connectivity index (χ2n) is 1.17. The number of rotatable bonds is 3. The second-order valence-corrected chi connectivity index (χ2v) is 2.83. The fraction of sp³-hybridized carbons (Fsp3) is 0.333. The molecule has 0 saturated carbocycles. The molecule has 0 radical (unpaired) electrons. The molecule has 0 saturated heterocycles. The van der Waals surface area contributed by atoms with Gasteiger partial charge in [0.15, 0.2) is 0 Å². The summed E-state index contributed by atoms with van der Waals surface area (Å²) in [5.74, 6) is 9.55. The van der Waals surface area contributed by atoms with Gasteiger partial charge in [0.05, 0.1) is 0 Å². The first-order chi connectivity index (χ1) is 3.85. The third-order valence-corrected chi connectivity index (χ3v) is 1.85. The zero-order valence-electron chi connectivity index (χ0n) is 4.70. The molecule has 0 amide bonds. The van der Waals surface area contributed by atoms with E-state index in [1.807, 2.05) is 6.92 Å². The van der Waals surface area contributed by atoms with E-state index in [0.717, 1.165) is 0 Å². The number of hydrogen-bond donors (Lipinski definition) is 2. The molecule has 0 atom stereocenters. The Labute approximate surface area is 49.8 Å². The molecular weight excluding hydrogens is 124 g/mol. The van der Waals surface area contributed by atoms with Gasteiger partial charge in [-0.15, -0.1) is 0 Å². The molecule has 0 aliphatic rings. The predicted octanol–water partition coefficient (Wildman–Crippen LogP) is -0.897. The van der Waals surface area contributed by atoms with Gasteiger partial charge in [0, 0.05) is 0 Å². The molecule has 0 bridgehead atoms. The van der Waals surface area contributed by atoms with Crippen molar-refractivity contribution in [2.24, 2.45) is 11.8 Å². The van der Waals surface area contributed by atoms with Crippen LogP contribution in [0.1, 0.15) is 6.92 Å². The molecule has 4 nitrogen and oxygen atoms in total. The SMILES string of the molecule is CC=C[SiH](ON)ON. The lowest BCUT2D eigenvalue weighted by Gasteiger charge is -2.01. The van der Waals surface area contributed by atoms with E-state index >= 15 is 0 Å². The molecule has 0 spiro atoms. The molecule has 0 rings (SSSR count). The first kappa shape index (κ1) is 7.80. The van der Waals surface area contributed by atoms with Gasteiger partial charge >= 0.3 is 9.28 Å². The van der Waals surface area contributed by atoms with E-state index in [0.29, 0.717) is 0 Å². The predicted molar refractivity (Wildman–Crippen MR) is 32.5 cm³/mol. The summed E-state index contributed by atoms with van der Waals surface area (Å²) in [4.78, 5) is 0. The Kier molecular flexibility index (Phi) is 4.82. The largest absolute Gasteiger partial charge is 0.385 e. The van der Waals surface area contributed by atoms with Crippen LogP contribution in [-0.4, -0.2) is 9.28 Å². The molecule has 8 heavy (non-hydrogen) atoms. The summed E-state index contributed by atoms with van der Waals surface area (Å²) in [6, 6.07) is 0. The van der Waals surface area contributed by atoms with Crippen LogP contribution in [0, 0.1) is 0 Å². The molecule has 0 heterocycles. The van der Waals surface area contributed by atoms with Gasteiger partial charge in [-0.2, -0.15) is 0 Å². The molecular formula is C3H10N2O2Si. The van der Waals surface area contributed by atoms with E-state index in [1.165, 1.54) is 0 Å². The lowest BCUT2D eigenvalue weighted by atomic mass is 10.8. The summed E-state index contributed by atoms with van der Waals surface area (Å²) in [7, 11) is -1.82. The van der Waals surface area contributed by atoms with Gasteiger partial charge in [-0.05, 0) is 12.6 Å². The van der Waals surface area contributed by atoms with Crippen LogP contribution >= 0.6 is 0 Å². The Balaban J connectivity index is 3.36. The van der Waals surface area contributed by atoms with E-state index in [4.69, 9.17) is 11.8 Å². The topological polar surface area (TPSA) is 70.5 Å². The quantitative estimate of drug-likeness (QED) is 0.388. The van der Waals surface area contributed by atoms with Gasteiger partial charge in [0.2, 0.25) is 0 Å². The van der Waals surface area contributed by atoms with Gasteiger partial charge < -0.3 is 9.05 Å². The van der Waals surface area contributed by atoms with Crippen LogP contribution < -0.4 is 11.8 Å². The van der Waals surface area contributed by atoms with E-state index in [9.17, 15) is 0 Å². The lowest BCUT2D eigenvalue weighted by Crippen LogP contribution is -2.27. The summed E-state index contributed by atoms with van der Waals surface area (Å²) in [5, 5.41) is 0. The molecule has 0 aromatic rings. The zero-order chi connectivity index (χ0) is 6.41. The summed E-state index contributed by atoms with van der Waals surface area (Å²) >= 11 is 0. The molecule has 0 aromatic carbocycles. The normalized spacial score (nSPS) is 11.5. The maximum Gasteiger partial charge on any atom is 0.385 e. The molecule has 0 unspecified atom stereocenters. The third-order valence-electron chi connectivity index (χ3n) is 0.618. The van der Waals surface area contributed by atoms with E-state index in [-0.39, 0.29) is 0 Å². The Hall–Kier alpha value is -0.203. The van der Waals surface area contributed by atoms with E-state index in [2.05, 4.69) is 9.05 Å². The molecule has 0 aliphatic heterocycles. The molecule has 5 heteroatoms. The van der Waals surface area contributed by atoms with Crippen LogP contribution in [0.2, 0.25) is 0 Å². The molecule has 4 N–H and O–H groups in total. The van der Waals surface area contributed by atoms with Gasteiger partial charge in [0.25, 0.3) is 0 Å². The van der Waals surface area contributed by atoms with Gasteiger partial charge in [0.1, 0.15) is 0 Å². The minimum atomic E-state index is -1.82. The van der Waals surface area contributed by atoms with Crippen LogP contribution in [-0.2, 0) is 9.05 Å². The van der Waals surface area contributed by atoms with Gasteiger partial charge in [-0.25, -0.2) is 11.8 Å². The summed E-state index contributed by atoms with van der Waals surface area (Å²) in [6.07, 6.45) is 1.79. The number of nitrogens with two attached hydrogens (primary N) is 2. The molecule has 0 aliphatic carbocycles. The van der Waals surface area contributed by atoms with Crippen LogP contribution in [0.15, 0.2) is 11.8 Å². The average Bonchev–Trinajstić information content (AvgIpc) is 1.83. The van der Waals surface area contributed by atoms with Crippen molar-refractivity contribution in [1.29, 1.82) is 0 Å². The first-order valence-electron chi connectivity index (χ1n) is 2.19. The van der Waals surface area contributed by atoms with Crippen molar-refractivity contribution in [3.63, 3.8) is 0 Å². The van der Waals surface area contributed by atoms with Crippen molar-refractivity contribution in [2.45, 2.75) is 6.92 Å². The zero-order valence-corrected chi connectivity index (χ0v) is 5.86.